The number of nitrogens with one attached hydrogen (secondary N) is 1. The normalized spacial score (nSPS) is 10.9. The Bertz CT molecular complexity index is 447. The molecule has 0 aliphatic carbocycles. The number of aliphatic hydroxyl groups excluding tert-OH is 1. The van der Waals surface area contributed by atoms with Gasteiger partial charge in [0.05, 0.1) is 12.6 Å². The number of hydrogen-bond acceptors (Lipinski definition) is 5. The first-order valence-electron chi connectivity index (χ1n) is 12.1. The molecule has 0 atom stereocenters. The number of allylic oxidation sites excluding steroid dienone is 2. The molecule has 0 aliphatic heterocycles. The molecule has 0 bridgehead atoms. The van der Waals surface area contributed by atoms with Gasteiger partial charge in [0.25, 0.3) is 0 Å². The molecule has 0 radical (unpaired) electrons. The fraction of sp³-hybridized carbons (Fsp3) is 0.833. The van der Waals surface area contributed by atoms with Gasteiger partial charge in [-0.3, -0.25) is 4.79 Å². The molecule has 31 heavy (non-hydrogen) atoms. The summed E-state index contributed by atoms with van der Waals surface area (Å²) in [5, 5.41) is 22.2. The largest absolute Gasteiger partial charge is 1.00 e. The number of unbranched alkanes of at least 4 members (excludes halogenated alkanes) is 11. The number of amides is 1. The number of carbonyl (C=O) groups excluding carboxylic acids is 2. The molecule has 0 aromatic carbocycles. The molecule has 1 amide bonds. The molecule has 0 saturated heterocycles. The molecule has 0 heterocycles. The van der Waals surface area contributed by atoms with Gasteiger partial charge in [-0.2, -0.15) is 0 Å². The molecule has 0 aliphatic rings. The van der Waals surface area contributed by atoms with E-state index in [9.17, 15) is 14.7 Å². The summed E-state index contributed by atoms with van der Waals surface area (Å²) in [6, 6.07) is 0. The average Bonchev–Trinajstić information content (AvgIpc) is 2.72. The van der Waals surface area contributed by atoms with Crippen molar-refractivity contribution in [1.82, 2.24) is 10.2 Å². The molecule has 0 spiro atoms. The Morgan fingerprint density at radius 2 is 1.42 bits per heavy atom. The van der Waals surface area contributed by atoms with E-state index in [4.69, 9.17) is 5.11 Å². The van der Waals surface area contributed by atoms with E-state index in [-0.39, 0.29) is 55.2 Å². The first kappa shape index (κ1) is 32.8. The number of hydrogen-bond donors (Lipinski definition) is 2. The van der Waals surface area contributed by atoms with Crippen LogP contribution in [-0.2, 0) is 9.59 Å². The Morgan fingerprint density at radius 1 is 0.871 bits per heavy atom. The molecular formula is C24H45N2NaO4. The summed E-state index contributed by atoms with van der Waals surface area (Å²) in [6.07, 6.45) is 21.1. The molecular weight excluding hydrogens is 403 g/mol. The van der Waals surface area contributed by atoms with Gasteiger partial charge in [0.2, 0.25) is 5.91 Å². The fourth-order valence-corrected chi connectivity index (χ4v) is 3.39. The molecule has 0 saturated carbocycles. The van der Waals surface area contributed by atoms with Crippen molar-refractivity contribution in [2.45, 2.75) is 96.8 Å². The van der Waals surface area contributed by atoms with E-state index >= 15 is 0 Å². The summed E-state index contributed by atoms with van der Waals surface area (Å²) in [4.78, 5) is 24.2. The van der Waals surface area contributed by atoms with Crippen LogP contribution >= 0.6 is 0 Å². The van der Waals surface area contributed by atoms with E-state index in [1.165, 1.54) is 57.8 Å². The number of aliphatic hydroxyl groups is 1. The van der Waals surface area contributed by atoms with Gasteiger partial charge in [-0.05, 0) is 32.1 Å². The Kier molecular flexibility index (Phi) is 27.3. The van der Waals surface area contributed by atoms with Crippen molar-refractivity contribution < 1.29 is 49.4 Å². The van der Waals surface area contributed by atoms with Gasteiger partial charge in [-0.15, -0.1) is 0 Å². The summed E-state index contributed by atoms with van der Waals surface area (Å²) in [7, 11) is 0. The van der Waals surface area contributed by atoms with Gasteiger partial charge in [0.1, 0.15) is 0 Å². The van der Waals surface area contributed by atoms with Crippen LogP contribution in [0, 0.1) is 0 Å². The minimum absolute atomic E-state index is 0. The SMILES string of the molecule is CCCCCCCCC=CCCCCCCCC(=O)N(CCO)CCNCC(=O)[O-].[Na+]. The number of rotatable bonds is 22. The second kappa shape index (κ2) is 25.9. The third-order valence-electron chi connectivity index (χ3n) is 5.20. The third kappa shape index (κ3) is 24.1. The van der Waals surface area contributed by atoms with E-state index < -0.39 is 5.97 Å². The second-order valence-corrected chi connectivity index (χ2v) is 7.99. The van der Waals surface area contributed by atoms with Crippen molar-refractivity contribution in [3.05, 3.63) is 12.2 Å². The number of carboxylic acids is 1. The van der Waals surface area contributed by atoms with Crippen LogP contribution in [0.5, 0.6) is 0 Å². The van der Waals surface area contributed by atoms with Gasteiger partial charge >= 0.3 is 29.6 Å². The first-order valence-corrected chi connectivity index (χ1v) is 12.1. The van der Waals surface area contributed by atoms with E-state index in [0.717, 1.165) is 25.7 Å². The van der Waals surface area contributed by atoms with Crippen LogP contribution in [-0.4, -0.2) is 54.7 Å². The molecule has 0 unspecified atom stereocenters. The van der Waals surface area contributed by atoms with Gasteiger partial charge in [0.15, 0.2) is 0 Å². The van der Waals surface area contributed by atoms with Crippen molar-refractivity contribution in [1.29, 1.82) is 0 Å². The number of nitrogens with zero attached hydrogens (tertiary/aromatic N) is 1. The first-order chi connectivity index (χ1) is 14.6. The summed E-state index contributed by atoms with van der Waals surface area (Å²) >= 11 is 0. The molecule has 176 valence electrons. The standard InChI is InChI=1S/C24H46N2O4.Na/c1-2-3-4-5-6-7-8-9-10-11-12-13-14-15-16-17-23(28)26(20-21-27)19-18-25-22-24(29)30;/h9-10,25,27H,2-8,11-22H2,1H3,(H,29,30);/q;+1/p-1. The Balaban J connectivity index is 0. The van der Waals surface area contributed by atoms with Gasteiger partial charge in [-0.25, -0.2) is 0 Å². The molecule has 7 heteroatoms. The van der Waals surface area contributed by atoms with Crippen LogP contribution in [0.25, 0.3) is 0 Å². The topological polar surface area (TPSA) is 92.7 Å². The summed E-state index contributed by atoms with van der Waals surface area (Å²) in [6.45, 7) is 3.01. The van der Waals surface area contributed by atoms with Crippen LogP contribution in [0.15, 0.2) is 12.2 Å². The average molecular weight is 449 g/mol. The number of aliphatic carboxylic acids is 1. The Morgan fingerprint density at radius 3 is 1.97 bits per heavy atom. The van der Waals surface area contributed by atoms with Crippen LogP contribution in [0.3, 0.4) is 0 Å². The van der Waals surface area contributed by atoms with Crippen molar-refractivity contribution in [2.75, 3.05) is 32.8 Å². The van der Waals surface area contributed by atoms with Crippen LogP contribution in [0.4, 0.5) is 0 Å². The summed E-state index contributed by atoms with van der Waals surface area (Å²) in [5.74, 6) is -1.14. The van der Waals surface area contributed by atoms with Crippen LogP contribution in [0.1, 0.15) is 96.8 Å². The van der Waals surface area contributed by atoms with E-state index in [1.54, 1.807) is 4.90 Å². The molecule has 2 N–H and O–H groups in total. The van der Waals surface area contributed by atoms with Crippen molar-refractivity contribution in [3.63, 3.8) is 0 Å². The maximum Gasteiger partial charge on any atom is 1.00 e. The van der Waals surface area contributed by atoms with Gasteiger partial charge < -0.3 is 25.2 Å². The zero-order chi connectivity index (χ0) is 22.3. The van der Waals surface area contributed by atoms with E-state index in [0.29, 0.717) is 19.5 Å². The molecule has 0 aromatic rings. The predicted octanol–water partition coefficient (Wildman–Crippen LogP) is 0.188. The molecule has 0 rings (SSSR count). The van der Waals surface area contributed by atoms with Gasteiger partial charge in [-0.1, -0.05) is 70.4 Å². The quantitative estimate of drug-likeness (QED) is 0.140. The monoisotopic (exact) mass is 448 g/mol. The maximum absolute atomic E-state index is 12.2. The smallest absolute Gasteiger partial charge is 0.549 e. The maximum atomic E-state index is 12.2. The summed E-state index contributed by atoms with van der Waals surface area (Å²) in [5.41, 5.74) is 0. The third-order valence-corrected chi connectivity index (χ3v) is 5.20. The fourth-order valence-electron chi connectivity index (χ4n) is 3.39. The zero-order valence-corrected chi connectivity index (χ0v) is 22.2. The van der Waals surface area contributed by atoms with E-state index in [1.807, 2.05) is 0 Å². The summed E-state index contributed by atoms with van der Waals surface area (Å²) < 4.78 is 0. The van der Waals surface area contributed by atoms with Crippen LogP contribution < -0.4 is 40.0 Å². The number of carboxylic acid groups (broad SMARTS) is 1. The Hall–Kier alpha value is -0.400. The second-order valence-electron chi connectivity index (χ2n) is 7.99. The molecule has 0 aromatic heterocycles. The van der Waals surface area contributed by atoms with Crippen molar-refractivity contribution in [3.8, 4) is 0 Å². The predicted molar refractivity (Wildman–Crippen MR) is 121 cm³/mol. The minimum atomic E-state index is -1.16. The van der Waals surface area contributed by atoms with Crippen LogP contribution in [0.2, 0.25) is 0 Å². The molecule has 0 fully saturated rings. The van der Waals surface area contributed by atoms with Crippen molar-refractivity contribution >= 4 is 11.9 Å². The number of carbonyl (C=O) groups is 2. The van der Waals surface area contributed by atoms with E-state index in [2.05, 4.69) is 24.4 Å². The van der Waals surface area contributed by atoms with Gasteiger partial charge in [0, 0.05) is 32.6 Å². The minimum Gasteiger partial charge on any atom is -0.549 e. The molecule has 6 nitrogen and oxygen atoms in total. The zero-order valence-electron chi connectivity index (χ0n) is 20.2. The Labute approximate surface area is 212 Å². The van der Waals surface area contributed by atoms with Crippen molar-refractivity contribution in [2.24, 2.45) is 0 Å².